The van der Waals surface area contributed by atoms with Crippen molar-refractivity contribution < 1.29 is 19.4 Å². The fourth-order valence-electron chi connectivity index (χ4n) is 1.99. The fraction of sp³-hybridized carbons (Fsp3) is 0.385. The molecule has 0 radical (unpaired) electrons. The fourth-order valence-corrected chi connectivity index (χ4v) is 1.99. The first-order chi connectivity index (χ1) is 8.66. The van der Waals surface area contributed by atoms with E-state index in [1.165, 1.54) is 0 Å². The highest BCUT2D eigenvalue weighted by Crippen LogP contribution is 2.15. The van der Waals surface area contributed by atoms with Crippen LogP contribution in [0.3, 0.4) is 0 Å². The Labute approximate surface area is 105 Å². The first kappa shape index (κ1) is 12.4. The number of carboxylic acid groups (broad SMARTS) is 1. The van der Waals surface area contributed by atoms with Gasteiger partial charge in [0.1, 0.15) is 0 Å². The van der Waals surface area contributed by atoms with E-state index in [1.807, 2.05) is 12.1 Å². The molecule has 96 valence electrons. The van der Waals surface area contributed by atoms with Gasteiger partial charge in [0.05, 0.1) is 13.0 Å². The summed E-state index contributed by atoms with van der Waals surface area (Å²) in [7, 11) is 0. The van der Waals surface area contributed by atoms with Crippen molar-refractivity contribution in [2.45, 2.75) is 19.4 Å². The van der Waals surface area contributed by atoms with Gasteiger partial charge in [0.2, 0.25) is 0 Å². The smallest absolute Gasteiger partial charge is 0.410 e. The number of ether oxygens (including phenoxy) is 1. The zero-order valence-corrected chi connectivity index (χ0v) is 9.96. The van der Waals surface area contributed by atoms with Crippen molar-refractivity contribution in [3.05, 3.63) is 35.4 Å². The summed E-state index contributed by atoms with van der Waals surface area (Å²) >= 11 is 0. The maximum atomic E-state index is 11.5. The first-order valence-corrected chi connectivity index (χ1v) is 5.87. The lowest BCUT2D eigenvalue weighted by molar-refractivity contribution is -0.136. The van der Waals surface area contributed by atoms with E-state index < -0.39 is 5.97 Å². The number of carbonyl (C=O) groups is 2. The molecule has 1 aromatic carbocycles. The van der Waals surface area contributed by atoms with E-state index in [0.29, 0.717) is 19.7 Å². The van der Waals surface area contributed by atoms with Gasteiger partial charge in [-0.05, 0) is 17.5 Å². The molecule has 1 aromatic rings. The molecule has 0 unspecified atom stereocenters. The average Bonchev–Trinajstić information content (AvgIpc) is 2.34. The minimum atomic E-state index is -0.872. The van der Waals surface area contributed by atoms with Gasteiger partial charge in [-0.25, -0.2) is 4.79 Å². The standard InChI is InChI=1S/C13H15NO4/c15-12(16)8-10-4-1-2-5-11(10)9-14-6-3-7-18-13(14)17/h1-2,4-5H,3,6-9H2,(H,15,16). The Bertz CT molecular complexity index is 458. The minimum Gasteiger partial charge on any atom is -0.481 e. The number of aliphatic carboxylic acids is 1. The minimum absolute atomic E-state index is 0.0287. The Kier molecular flexibility index (Phi) is 3.82. The Morgan fingerprint density at radius 2 is 2.06 bits per heavy atom. The number of cyclic esters (lactones) is 1. The molecule has 2 rings (SSSR count). The topological polar surface area (TPSA) is 66.8 Å². The Hall–Kier alpha value is -2.04. The van der Waals surface area contributed by atoms with Crippen LogP contribution in [0.15, 0.2) is 24.3 Å². The molecule has 1 fully saturated rings. The van der Waals surface area contributed by atoms with Crippen LogP contribution in [0.4, 0.5) is 4.79 Å². The maximum absolute atomic E-state index is 11.5. The van der Waals surface area contributed by atoms with Crippen LogP contribution in [0, 0.1) is 0 Å². The number of rotatable bonds is 4. The number of benzene rings is 1. The SMILES string of the molecule is O=C(O)Cc1ccccc1CN1CCCOC1=O. The first-order valence-electron chi connectivity index (χ1n) is 5.87. The van der Waals surface area contributed by atoms with Gasteiger partial charge in [-0.1, -0.05) is 24.3 Å². The van der Waals surface area contributed by atoms with E-state index in [4.69, 9.17) is 9.84 Å². The highest BCUT2D eigenvalue weighted by molar-refractivity contribution is 5.71. The number of amides is 1. The zero-order chi connectivity index (χ0) is 13.0. The Morgan fingerprint density at radius 3 is 2.72 bits per heavy atom. The third kappa shape index (κ3) is 3.00. The van der Waals surface area contributed by atoms with Crippen molar-refractivity contribution in [1.82, 2.24) is 4.90 Å². The van der Waals surface area contributed by atoms with E-state index in [1.54, 1.807) is 17.0 Å². The van der Waals surface area contributed by atoms with Gasteiger partial charge >= 0.3 is 12.1 Å². The molecule has 0 aliphatic carbocycles. The summed E-state index contributed by atoms with van der Waals surface area (Å²) < 4.78 is 4.95. The lowest BCUT2D eigenvalue weighted by atomic mass is 10.0. The number of hydrogen-bond acceptors (Lipinski definition) is 3. The second-order valence-corrected chi connectivity index (χ2v) is 4.23. The summed E-state index contributed by atoms with van der Waals surface area (Å²) in [6.07, 6.45) is 0.456. The van der Waals surface area contributed by atoms with Crippen molar-refractivity contribution in [2.75, 3.05) is 13.2 Å². The van der Waals surface area contributed by atoms with Crippen LogP contribution >= 0.6 is 0 Å². The van der Waals surface area contributed by atoms with Gasteiger partial charge in [0.15, 0.2) is 0 Å². The van der Waals surface area contributed by atoms with Crippen LogP contribution in [0.5, 0.6) is 0 Å². The summed E-state index contributed by atoms with van der Waals surface area (Å²) in [4.78, 5) is 23.9. The lowest BCUT2D eigenvalue weighted by Gasteiger charge is -2.27. The third-order valence-electron chi connectivity index (χ3n) is 2.88. The molecule has 0 bridgehead atoms. The molecule has 0 saturated carbocycles. The molecule has 0 spiro atoms. The second-order valence-electron chi connectivity index (χ2n) is 4.23. The maximum Gasteiger partial charge on any atom is 0.410 e. The van der Waals surface area contributed by atoms with E-state index >= 15 is 0 Å². The zero-order valence-electron chi connectivity index (χ0n) is 9.96. The van der Waals surface area contributed by atoms with Crippen molar-refractivity contribution in [3.8, 4) is 0 Å². The van der Waals surface area contributed by atoms with Crippen LogP contribution in [-0.4, -0.2) is 35.2 Å². The molecule has 1 aliphatic rings. The summed E-state index contributed by atoms with van der Waals surface area (Å²) in [6, 6.07) is 7.27. The Balaban J connectivity index is 2.12. The van der Waals surface area contributed by atoms with Crippen LogP contribution in [0.1, 0.15) is 17.5 Å². The molecule has 18 heavy (non-hydrogen) atoms. The third-order valence-corrected chi connectivity index (χ3v) is 2.88. The Morgan fingerprint density at radius 1 is 1.33 bits per heavy atom. The summed E-state index contributed by atoms with van der Waals surface area (Å²) in [5.41, 5.74) is 1.60. The van der Waals surface area contributed by atoms with Crippen LogP contribution in [0.25, 0.3) is 0 Å². The summed E-state index contributed by atoms with van der Waals surface area (Å²) in [6.45, 7) is 1.52. The molecule has 1 N–H and O–H groups in total. The van der Waals surface area contributed by atoms with Crippen LogP contribution in [-0.2, 0) is 22.5 Å². The van der Waals surface area contributed by atoms with Gasteiger partial charge in [0.25, 0.3) is 0 Å². The summed E-state index contributed by atoms with van der Waals surface area (Å²) in [5.74, 6) is -0.872. The van der Waals surface area contributed by atoms with Crippen molar-refractivity contribution in [3.63, 3.8) is 0 Å². The number of nitrogens with zero attached hydrogens (tertiary/aromatic N) is 1. The van der Waals surface area contributed by atoms with E-state index in [-0.39, 0.29) is 12.5 Å². The monoisotopic (exact) mass is 249 g/mol. The van der Waals surface area contributed by atoms with Gasteiger partial charge in [-0.3, -0.25) is 4.79 Å². The molecule has 1 heterocycles. The van der Waals surface area contributed by atoms with Crippen molar-refractivity contribution in [2.24, 2.45) is 0 Å². The lowest BCUT2D eigenvalue weighted by Crippen LogP contribution is -2.37. The molecule has 1 saturated heterocycles. The van der Waals surface area contributed by atoms with E-state index in [0.717, 1.165) is 17.5 Å². The highest BCUT2D eigenvalue weighted by atomic mass is 16.6. The van der Waals surface area contributed by atoms with Gasteiger partial charge in [-0.15, -0.1) is 0 Å². The number of hydrogen-bond donors (Lipinski definition) is 1. The predicted molar refractivity (Wildman–Crippen MR) is 64.2 cm³/mol. The second kappa shape index (κ2) is 5.53. The summed E-state index contributed by atoms with van der Waals surface area (Å²) in [5, 5.41) is 8.84. The predicted octanol–water partition coefficient (Wildman–Crippen LogP) is 1.66. The normalized spacial score (nSPS) is 15.3. The largest absolute Gasteiger partial charge is 0.481 e. The molecule has 0 aromatic heterocycles. The van der Waals surface area contributed by atoms with Crippen molar-refractivity contribution in [1.29, 1.82) is 0 Å². The molecule has 0 atom stereocenters. The number of carbonyl (C=O) groups excluding carboxylic acids is 1. The molecule has 5 nitrogen and oxygen atoms in total. The van der Waals surface area contributed by atoms with Crippen molar-refractivity contribution >= 4 is 12.1 Å². The van der Waals surface area contributed by atoms with E-state index in [2.05, 4.69) is 0 Å². The molecular formula is C13H15NO4. The molecule has 1 amide bonds. The molecule has 5 heteroatoms. The van der Waals surface area contributed by atoms with Gasteiger partial charge < -0.3 is 14.7 Å². The van der Waals surface area contributed by atoms with Gasteiger partial charge in [-0.2, -0.15) is 0 Å². The average molecular weight is 249 g/mol. The quantitative estimate of drug-likeness (QED) is 0.881. The van der Waals surface area contributed by atoms with Gasteiger partial charge in [0, 0.05) is 13.1 Å². The van der Waals surface area contributed by atoms with E-state index in [9.17, 15) is 9.59 Å². The van der Waals surface area contributed by atoms with Crippen LogP contribution in [0.2, 0.25) is 0 Å². The highest BCUT2D eigenvalue weighted by Gasteiger charge is 2.20. The molecular weight excluding hydrogens is 234 g/mol. The number of carboxylic acids is 1. The molecule has 1 aliphatic heterocycles. The van der Waals surface area contributed by atoms with Crippen LogP contribution < -0.4 is 0 Å².